The third-order valence-electron chi connectivity index (χ3n) is 4.58. The lowest BCUT2D eigenvalue weighted by Crippen LogP contribution is -2.35. The number of thioether (sulfide) groups is 1. The maximum Gasteiger partial charge on any atom is 0.151 e. The smallest absolute Gasteiger partial charge is 0.151 e. The molecule has 6 nitrogen and oxygen atoms in total. The molecule has 1 saturated heterocycles. The van der Waals surface area contributed by atoms with Gasteiger partial charge in [0.2, 0.25) is 0 Å². The molecule has 0 aromatic heterocycles. The molecule has 1 spiro atoms. The zero-order chi connectivity index (χ0) is 19.7. The summed E-state index contributed by atoms with van der Waals surface area (Å²) in [6, 6.07) is 0. The molecule has 0 aromatic rings. The Morgan fingerprint density at radius 3 is 2.89 bits per heavy atom. The van der Waals surface area contributed by atoms with E-state index >= 15 is 0 Å². The molecule has 2 aliphatic rings. The van der Waals surface area contributed by atoms with Crippen LogP contribution in [0.5, 0.6) is 0 Å². The first-order chi connectivity index (χ1) is 13.0. The van der Waals surface area contributed by atoms with Gasteiger partial charge >= 0.3 is 0 Å². The molecule has 0 saturated carbocycles. The topological polar surface area (TPSA) is 95.5 Å². The van der Waals surface area contributed by atoms with Crippen LogP contribution < -0.4 is 16.4 Å². The molecule has 148 valence electrons. The number of allylic oxidation sites excluding steroid dienone is 4. The Balaban J connectivity index is 2.17. The second kappa shape index (κ2) is 10.6. The van der Waals surface area contributed by atoms with E-state index in [9.17, 15) is 0 Å². The maximum absolute atomic E-state index is 8.42. The minimum atomic E-state index is 0.175. The normalized spacial score (nSPS) is 26.8. The molecular weight excluding hydrogens is 382 g/mol. The number of halogens is 1. The van der Waals surface area contributed by atoms with Crippen LogP contribution in [0.1, 0.15) is 26.2 Å². The number of hydrogen-bond acceptors (Lipinski definition) is 6. The van der Waals surface area contributed by atoms with Crippen molar-refractivity contribution in [1.82, 2.24) is 10.6 Å². The monoisotopic (exact) mass is 409 g/mol. The minimum Gasteiger partial charge on any atom is -0.401 e. The molecule has 0 aromatic carbocycles. The lowest BCUT2D eigenvalue weighted by molar-refractivity contribution is 0.140. The molecule has 1 fully saturated rings. The predicted molar refractivity (Wildman–Crippen MR) is 116 cm³/mol. The van der Waals surface area contributed by atoms with Gasteiger partial charge in [-0.1, -0.05) is 36.0 Å². The molecule has 2 aliphatic heterocycles. The average molecular weight is 410 g/mol. The first-order valence-corrected chi connectivity index (χ1v) is 10.2. The fourth-order valence-corrected chi connectivity index (χ4v) is 4.06. The van der Waals surface area contributed by atoms with Crippen LogP contribution in [-0.2, 0) is 4.74 Å². The van der Waals surface area contributed by atoms with Gasteiger partial charge in [-0.05, 0) is 37.7 Å². The van der Waals surface area contributed by atoms with Gasteiger partial charge in [0, 0.05) is 42.7 Å². The summed E-state index contributed by atoms with van der Waals surface area (Å²) < 4.78 is 5.63. The maximum atomic E-state index is 8.42. The fraction of sp³-hybridized carbons (Fsp3) is 0.474. The Morgan fingerprint density at radius 1 is 1.44 bits per heavy atom. The number of aliphatic imine (C=N–C) groups is 1. The summed E-state index contributed by atoms with van der Waals surface area (Å²) in [7, 11) is 0. The van der Waals surface area contributed by atoms with Crippen LogP contribution in [0, 0.1) is 10.8 Å². The number of hydrogen-bond donors (Lipinski definition) is 4. The number of nitrogens with zero attached hydrogens (tertiary/aromatic N) is 1. The molecule has 8 heteroatoms. The summed E-state index contributed by atoms with van der Waals surface area (Å²) in [5, 5.41) is 15.8. The van der Waals surface area contributed by atoms with Crippen LogP contribution in [0.25, 0.3) is 0 Å². The third kappa shape index (κ3) is 6.45. The second-order valence-electron chi connectivity index (χ2n) is 6.67. The van der Waals surface area contributed by atoms with Crippen molar-refractivity contribution in [2.75, 3.05) is 26.3 Å². The quantitative estimate of drug-likeness (QED) is 0.535. The SMILES string of the molecule is C=C/C=C(SC1=N/C=C/NCCC2(CCNC1=N)CCOC2)\C(Cl)=C(/C)N. The van der Waals surface area contributed by atoms with Crippen molar-refractivity contribution in [2.45, 2.75) is 26.2 Å². The Labute approximate surface area is 170 Å². The van der Waals surface area contributed by atoms with Crippen molar-refractivity contribution < 1.29 is 4.74 Å². The Bertz CT molecular complexity index is 674. The van der Waals surface area contributed by atoms with Gasteiger partial charge in [-0.15, -0.1) is 0 Å². The van der Waals surface area contributed by atoms with Crippen LogP contribution in [-0.4, -0.2) is 37.2 Å². The first kappa shape index (κ1) is 21.6. The van der Waals surface area contributed by atoms with E-state index < -0.39 is 0 Å². The highest BCUT2D eigenvalue weighted by Gasteiger charge is 2.34. The Kier molecular flexibility index (Phi) is 8.47. The van der Waals surface area contributed by atoms with Gasteiger partial charge in [-0.3, -0.25) is 5.41 Å². The van der Waals surface area contributed by atoms with Crippen molar-refractivity contribution in [3.05, 3.63) is 46.8 Å². The van der Waals surface area contributed by atoms with Gasteiger partial charge in [0.25, 0.3) is 0 Å². The van der Waals surface area contributed by atoms with Crippen molar-refractivity contribution in [3.63, 3.8) is 0 Å². The van der Waals surface area contributed by atoms with E-state index in [1.54, 1.807) is 25.3 Å². The lowest BCUT2D eigenvalue weighted by atomic mass is 9.80. The Hall–Kier alpha value is -1.70. The number of amidine groups is 1. The summed E-state index contributed by atoms with van der Waals surface area (Å²) in [6.45, 7) is 8.63. The molecule has 0 aliphatic carbocycles. The predicted octanol–water partition coefficient (Wildman–Crippen LogP) is 3.45. The summed E-state index contributed by atoms with van der Waals surface area (Å²) in [5.41, 5.74) is 6.51. The molecule has 0 radical (unpaired) electrons. The van der Waals surface area contributed by atoms with E-state index in [-0.39, 0.29) is 11.3 Å². The largest absolute Gasteiger partial charge is 0.401 e. The molecule has 0 bridgehead atoms. The Morgan fingerprint density at radius 2 is 2.22 bits per heavy atom. The summed E-state index contributed by atoms with van der Waals surface area (Å²) in [6.07, 6.45) is 9.93. The third-order valence-corrected chi connectivity index (χ3v) is 6.25. The zero-order valence-electron chi connectivity index (χ0n) is 15.7. The molecule has 2 heterocycles. The van der Waals surface area contributed by atoms with Gasteiger partial charge < -0.3 is 21.1 Å². The van der Waals surface area contributed by atoms with E-state index in [1.807, 2.05) is 6.20 Å². The summed E-state index contributed by atoms with van der Waals surface area (Å²) >= 11 is 7.60. The highest BCUT2D eigenvalue weighted by Crippen LogP contribution is 2.35. The minimum absolute atomic E-state index is 0.175. The van der Waals surface area contributed by atoms with E-state index in [2.05, 4.69) is 22.2 Å². The van der Waals surface area contributed by atoms with E-state index in [0.717, 1.165) is 39.0 Å². The van der Waals surface area contributed by atoms with Gasteiger partial charge in [0.15, 0.2) is 5.84 Å². The molecule has 0 amide bonds. The molecular formula is C19H28ClN5OS. The first-order valence-electron chi connectivity index (χ1n) is 8.97. The van der Waals surface area contributed by atoms with Crippen LogP contribution in [0.3, 0.4) is 0 Å². The van der Waals surface area contributed by atoms with Crippen LogP contribution in [0.15, 0.2) is 51.8 Å². The second-order valence-corrected chi connectivity index (χ2v) is 8.08. The van der Waals surface area contributed by atoms with Crippen molar-refractivity contribution in [3.8, 4) is 0 Å². The molecule has 2 rings (SSSR count). The lowest BCUT2D eigenvalue weighted by Gasteiger charge is -2.28. The van der Waals surface area contributed by atoms with Crippen LogP contribution >= 0.6 is 23.4 Å². The molecule has 27 heavy (non-hydrogen) atoms. The standard InChI is InChI=1S/C19H28ClN5OS/c1-3-4-15(16(20)14(2)21)27-18-17(22)24-9-6-19(7-12-26-13-19)5-8-23-10-11-25-18/h3-4,10-11,23H,1,5-9,12-13,21H2,2H3,(H2,22,24)/b11-10+,15-4+,16-14-,25-18?. The highest BCUT2D eigenvalue weighted by atomic mass is 35.5. The molecule has 5 N–H and O–H groups in total. The van der Waals surface area contributed by atoms with Gasteiger partial charge in [0.05, 0.1) is 11.6 Å². The van der Waals surface area contributed by atoms with Gasteiger partial charge in [-0.25, -0.2) is 4.99 Å². The highest BCUT2D eigenvalue weighted by molar-refractivity contribution is 8.19. The number of rotatable bonds is 3. The molecule has 1 unspecified atom stereocenters. The molecule has 1 atom stereocenters. The fourth-order valence-electron chi connectivity index (χ4n) is 2.97. The van der Waals surface area contributed by atoms with E-state index in [0.29, 0.717) is 27.2 Å². The van der Waals surface area contributed by atoms with Crippen molar-refractivity contribution in [1.29, 1.82) is 5.41 Å². The summed E-state index contributed by atoms with van der Waals surface area (Å²) in [4.78, 5) is 5.12. The number of ether oxygens (including phenoxy) is 1. The zero-order valence-corrected chi connectivity index (χ0v) is 17.3. The number of nitrogens with two attached hydrogens (primary N) is 1. The number of nitrogens with one attached hydrogen (secondary N) is 3. The van der Waals surface area contributed by atoms with Crippen LogP contribution in [0.2, 0.25) is 0 Å². The average Bonchev–Trinajstić information content (AvgIpc) is 3.10. The van der Waals surface area contributed by atoms with E-state index in [4.69, 9.17) is 27.5 Å². The van der Waals surface area contributed by atoms with Gasteiger partial charge in [-0.2, -0.15) is 0 Å². The van der Waals surface area contributed by atoms with Gasteiger partial charge in [0.1, 0.15) is 5.04 Å². The van der Waals surface area contributed by atoms with E-state index in [1.165, 1.54) is 11.8 Å². The van der Waals surface area contributed by atoms with Crippen molar-refractivity contribution >= 4 is 34.2 Å². The van der Waals surface area contributed by atoms with Crippen LogP contribution in [0.4, 0.5) is 0 Å². The summed E-state index contributed by atoms with van der Waals surface area (Å²) in [5.74, 6) is 0.258. The van der Waals surface area contributed by atoms with Crippen molar-refractivity contribution in [2.24, 2.45) is 16.1 Å².